The molecule has 2 heteroatoms. The average molecular weight is 222 g/mol. The van der Waals surface area contributed by atoms with Gasteiger partial charge in [-0.05, 0) is 42.9 Å². The summed E-state index contributed by atoms with van der Waals surface area (Å²) in [6, 6.07) is 5.90. The van der Waals surface area contributed by atoms with Crippen LogP contribution in [0.4, 0.5) is 0 Å². The number of phenols is 1. The van der Waals surface area contributed by atoms with E-state index in [0.717, 1.165) is 44.1 Å². The summed E-state index contributed by atoms with van der Waals surface area (Å²) >= 11 is 0. The van der Waals surface area contributed by atoms with Gasteiger partial charge in [0.15, 0.2) is 0 Å². The van der Waals surface area contributed by atoms with Crippen molar-refractivity contribution in [3.8, 4) is 5.75 Å². The van der Waals surface area contributed by atoms with Gasteiger partial charge in [0.25, 0.3) is 0 Å². The molecule has 16 heavy (non-hydrogen) atoms. The van der Waals surface area contributed by atoms with Crippen molar-refractivity contribution < 1.29 is 10.2 Å². The van der Waals surface area contributed by atoms with Crippen LogP contribution in [0.1, 0.15) is 43.7 Å². The van der Waals surface area contributed by atoms with Crippen molar-refractivity contribution in [1.29, 1.82) is 0 Å². The Morgan fingerprint density at radius 3 is 2.56 bits per heavy atom. The summed E-state index contributed by atoms with van der Waals surface area (Å²) in [5.41, 5.74) is 2.35. The first-order valence-electron chi connectivity index (χ1n) is 6.19. The number of benzene rings is 1. The molecule has 0 unspecified atom stereocenters. The van der Waals surface area contributed by atoms with Gasteiger partial charge in [-0.2, -0.15) is 0 Å². The van der Waals surface area contributed by atoms with Crippen LogP contribution in [0.2, 0.25) is 0 Å². The van der Waals surface area contributed by atoms with Crippen LogP contribution in [0, 0.1) is 0 Å². The van der Waals surface area contributed by atoms with E-state index in [2.05, 4.69) is 13.0 Å². The van der Waals surface area contributed by atoms with E-state index in [0.29, 0.717) is 5.75 Å². The minimum atomic E-state index is 0.288. The summed E-state index contributed by atoms with van der Waals surface area (Å²) in [6.07, 6.45) is 6.10. The quantitative estimate of drug-likeness (QED) is 0.696. The maximum atomic E-state index is 9.64. The van der Waals surface area contributed by atoms with Crippen LogP contribution in [-0.4, -0.2) is 16.8 Å². The third-order valence-corrected chi connectivity index (χ3v) is 2.79. The molecule has 1 aromatic carbocycles. The molecular weight excluding hydrogens is 200 g/mol. The molecule has 0 heterocycles. The SMILES string of the molecule is CCCc1cc(CCCCCO)ccc1O. The van der Waals surface area contributed by atoms with E-state index in [1.807, 2.05) is 6.07 Å². The standard InChI is InChI=1S/C14H22O2/c1-2-6-13-11-12(8-9-14(13)16)7-4-3-5-10-15/h8-9,11,15-16H,2-7,10H2,1H3. The molecule has 0 saturated heterocycles. The lowest BCUT2D eigenvalue weighted by molar-refractivity contribution is 0.283. The summed E-state index contributed by atoms with van der Waals surface area (Å²) in [5.74, 6) is 0.418. The number of hydrogen-bond donors (Lipinski definition) is 2. The molecule has 1 aromatic rings. The number of rotatable bonds is 7. The lowest BCUT2D eigenvalue weighted by atomic mass is 10.0. The zero-order chi connectivity index (χ0) is 11.8. The first-order valence-corrected chi connectivity index (χ1v) is 6.19. The Hall–Kier alpha value is -1.02. The fourth-order valence-corrected chi connectivity index (χ4v) is 1.88. The highest BCUT2D eigenvalue weighted by Crippen LogP contribution is 2.21. The molecule has 0 bridgehead atoms. The Balaban J connectivity index is 2.50. The second-order valence-corrected chi connectivity index (χ2v) is 4.25. The Morgan fingerprint density at radius 1 is 1.06 bits per heavy atom. The number of aliphatic hydroxyl groups excluding tert-OH is 1. The topological polar surface area (TPSA) is 40.5 Å². The monoisotopic (exact) mass is 222 g/mol. The maximum Gasteiger partial charge on any atom is 0.118 e. The van der Waals surface area contributed by atoms with Crippen LogP contribution in [-0.2, 0) is 12.8 Å². The molecular formula is C14H22O2. The highest BCUT2D eigenvalue weighted by molar-refractivity contribution is 5.36. The Kier molecular flexibility index (Phi) is 5.94. The highest BCUT2D eigenvalue weighted by Gasteiger charge is 2.01. The minimum absolute atomic E-state index is 0.288. The zero-order valence-corrected chi connectivity index (χ0v) is 10.1. The van der Waals surface area contributed by atoms with Crippen molar-refractivity contribution in [2.75, 3.05) is 6.61 Å². The second kappa shape index (κ2) is 7.29. The van der Waals surface area contributed by atoms with Gasteiger partial charge in [0.05, 0.1) is 0 Å². The van der Waals surface area contributed by atoms with E-state index >= 15 is 0 Å². The lowest BCUT2D eigenvalue weighted by Crippen LogP contribution is -1.91. The molecule has 2 nitrogen and oxygen atoms in total. The molecule has 90 valence electrons. The van der Waals surface area contributed by atoms with Crippen molar-refractivity contribution in [2.45, 2.75) is 45.4 Å². The largest absolute Gasteiger partial charge is 0.508 e. The lowest BCUT2D eigenvalue weighted by Gasteiger charge is -2.06. The average Bonchev–Trinajstić information content (AvgIpc) is 2.29. The number of aromatic hydroxyl groups is 1. The van der Waals surface area contributed by atoms with Crippen molar-refractivity contribution in [2.24, 2.45) is 0 Å². The van der Waals surface area contributed by atoms with Crippen molar-refractivity contribution in [3.63, 3.8) is 0 Å². The molecule has 0 aliphatic rings. The number of unbranched alkanes of at least 4 members (excludes halogenated alkanes) is 2. The first-order chi connectivity index (χ1) is 7.77. The van der Waals surface area contributed by atoms with Crippen LogP contribution in [0.5, 0.6) is 5.75 Å². The molecule has 0 spiro atoms. The van der Waals surface area contributed by atoms with Crippen LogP contribution in [0.3, 0.4) is 0 Å². The highest BCUT2D eigenvalue weighted by atomic mass is 16.3. The molecule has 0 aromatic heterocycles. The van der Waals surface area contributed by atoms with Gasteiger partial charge in [-0.25, -0.2) is 0 Å². The molecule has 0 fully saturated rings. The number of aliphatic hydroxyl groups is 1. The first kappa shape index (κ1) is 13.0. The predicted octanol–water partition coefficient (Wildman–Crippen LogP) is 3.05. The summed E-state index contributed by atoms with van der Waals surface area (Å²) in [7, 11) is 0. The van der Waals surface area contributed by atoms with Gasteiger partial charge in [0, 0.05) is 6.61 Å². The Morgan fingerprint density at radius 2 is 1.88 bits per heavy atom. The molecule has 0 radical (unpaired) electrons. The smallest absolute Gasteiger partial charge is 0.118 e. The van der Waals surface area contributed by atoms with Gasteiger partial charge in [-0.15, -0.1) is 0 Å². The fraction of sp³-hybridized carbons (Fsp3) is 0.571. The molecule has 0 aliphatic heterocycles. The van der Waals surface area contributed by atoms with E-state index in [4.69, 9.17) is 5.11 Å². The van der Waals surface area contributed by atoms with E-state index in [-0.39, 0.29) is 6.61 Å². The minimum Gasteiger partial charge on any atom is -0.508 e. The number of phenolic OH excluding ortho intramolecular Hbond substituents is 1. The van der Waals surface area contributed by atoms with Gasteiger partial charge in [0.1, 0.15) is 5.75 Å². The summed E-state index contributed by atoms with van der Waals surface area (Å²) in [4.78, 5) is 0. The third-order valence-electron chi connectivity index (χ3n) is 2.79. The van der Waals surface area contributed by atoms with Crippen LogP contribution >= 0.6 is 0 Å². The van der Waals surface area contributed by atoms with Crippen LogP contribution in [0.15, 0.2) is 18.2 Å². The van der Waals surface area contributed by atoms with Gasteiger partial charge in [-0.1, -0.05) is 31.9 Å². The van der Waals surface area contributed by atoms with E-state index in [9.17, 15) is 5.11 Å². The molecule has 1 rings (SSSR count). The van der Waals surface area contributed by atoms with Crippen molar-refractivity contribution >= 4 is 0 Å². The predicted molar refractivity (Wildman–Crippen MR) is 66.7 cm³/mol. The summed E-state index contributed by atoms with van der Waals surface area (Å²) < 4.78 is 0. The Bertz CT molecular complexity index is 308. The zero-order valence-electron chi connectivity index (χ0n) is 10.1. The fourth-order valence-electron chi connectivity index (χ4n) is 1.88. The van der Waals surface area contributed by atoms with Gasteiger partial charge >= 0.3 is 0 Å². The molecule has 0 amide bonds. The van der Waals surface area contributed by atoms with Gasteiger partial charge < -0.3 is 10.2 Å². The summed E-state index contributed by atoms with van der Waals surface area (Å²) in [5, 5.41) is 18.3. The van der Waals surface area contributed by atoms with Crippen molar-refractivity contribution in [1.82, 2.24) is 0 Å². The third kappa shape index (κ3) is 4.23. The van der Waals surface area contributed by atoms with Crippen molar-refractivity contribution in [3.05, 3.63) is 29.3 Å². The van der Waals surface area contributed by atoms with E-state index < -0.39 is 0 Å². The summed E-state index contributed by atoms with van der Waals surface area (Å²) in [6.45, 7) is 2.41. The normalized spacial score (nSPS) is 10.6. The van der Waals surface area contributed by atoms with Crippen LogP contribution < -0.4 is 0 Å². The number of hydrogen-bond acceptors (Lipinski definition) is 2. The van der Waals surface area contributed by atoms with Crippen LogP contribution in [0.25, 0.3) is 0 Å². The van der Waals surface area contributed by atoms with Gasteiger partial charge in [-0.3, -0.25) is 0 Å². The second-order valence-electron chi connectivity index (χ2n) is 4.25. The molecule has 0 saturated carbocycles. The van der Waals surface area contributed by atoms with E-state index in [1.54, 1.807) is 6.07 Å². The molecule has 0 atom stereocenters. The molecule has 0 aliphatic carbocycles. The Labute approximate surface area is 97.9 Å². The molecule has 2 N–H and O–H groups in total. The number of aryl methyl sites for hydroxylation is 2. The van der Waals surface area contributed by atoms with Gasteiger partial charge in [0.2, 0.25) is 0 Å². The maximum absolute atomic E-state index is 9.64. The van der Waals surface area contributed by atoms with E-state index in [1.165, 1.54) is 5.56 Å².